The third-order valence-corrected chi connectivity index (χ3v) is 2.05. The standard InChI is InChI=1S/C11H12N2O.ClH/c1-8(12)10-7-11(14-13-10)9-5-3-2-4-6-9;/h2-8H,12H2,1H3;1H. The Hall–Kier alpha value is -1.32. The minimum absolute atomic E-state index is 0. The van der Waals surface area contributed by atoms with Crippen LogP contribution in [-0.2, 0) is 0 Å². The molecule has 1 atom stereocenters. The molecule has 2 N–H and O–H groups in total. The van der Waals surface area contributed by atoms with E-state index < -0.39 is 0 Å². The van der Waals surface area contributed by atoms with E-state index in [9.17, 15) is 0 Å². The lowest BCUT2D eigenvalue weighted by Gasteiger charge is -1.94. The zero-order valence-corrected chi connectivity index (χ0v) is 9.20. The molecule has 1 aromatic heterocycles. The zero-order valence-electron chi connectivity index (χ0n) is 8.38. The largest absolute Gasteiger partial charge is 0.356 e. The van der Waals surface area contributed by atoms with Crippen molar-refractivity contribution < 1.29 is 4.52 Å². The summed E-state index contributed by atoms with van der Waals surface area (Å²) in [5, 5.41) is 3.89. The SMILES string of the molecule is CC(N)c1cc(-c2ccccc2)on1.Cl. The first-order chi connectivity index (χ1) is 6.77. The quantitative estimate of drug-likeness (QED) is 0.854. The normalized spacial score (nSPS) is 11.9. The molecular weight excluding hydrogens is 212 g/mol. The van der Waals surface area contributed by atoms with E-state index in [1.807, 2.05) is 43.3 Å². The summed E-state index contributed by atoms with van der Waals surface area (Å²) in [7, 11) is 0. The molecular formula is C11H13ClN2O. The van der Waals surface area contributed by atoms with Crippen LogP contribution in [0.2, 0.25) is 0 Å². The van der Waals surface area contributed by atoms with E-state index in [0.717, 1.165) is 17.0 Å². The molecule has 0 aliphatic rings. The number of nitrogens with two attached hydrogens (primary N) is 1. The Bertz CT molecular complexity index is 412. The molecule has 0 bridgehead atoms. The molecule has 1 aromatic carbocycles. The predicted octanol–water partition coefficient (Wildman–Crippen LogP) is 2.78. The maximum absolute atomic E-state index is 5.68. The van der Waals surface area contributed by atoms with Gasteiger partial charge in [-0.25, -0.2) is 0 Å². The van der Waals surface area contributed by atoms with Gasteiger partial charge in [0, 0.05) is 17.7 Å². The molecule has 0 radical (unpaired) electrons. The summed E-state index contributed by atoms with van der Waals surface area (Å²) in [6, 6.07) is 11.6. The van der Waals surface area contributed by atoms with Gasteiger partial charge in [-0.1, -0.05) is 35.5 Å². The van der Waals surface area contributed by atoms with Crippen LogP contribution in [0.5, 0.6) is 0 Å². The average molecular weight is 225 g/mol. The lowest BCUT2D eigenvalue weighted by Crippen LogP contribution is -2.04. The topological polar surface area (TPSA) is 52.0 Å². The average Bonchev–Trinajstić information content (AvgIpc) is 2.68. The van der Waals surface area contributed by atoms with Crippen LogP contribution in [-0.4, -0.2) is 5.16 Å². The van der Waals surface area contributed by atoms with Crippen molar-refractivity contribution in [3.63, 3.8) is 0 Å². The maximum Gasteiger partial charge on any atom is 0.167 e. The summed E-state index contributed by atoms with van der Waals surface area (Å²) in [5.41, 5.74) is 7.48. The minimum atomic E-state index is -0.0868. The third-order valence-electron chi connectivity index (χ3n) is 2.05. The molecule has 0 amide bonds. The smallest absolute Gasteiger partial charge is 0.167 e. The van der Waals surface area contributed by atoms with Crippen LogP contribution >= 0.6 is 12.4 Å². The number of hydrogen-bond donors (Lipinski definition) is 1. The van der Waals surface area contributed by atoms with E-state index in [2.05, 4.69) is 5.16 Å². The number of halogens is 1. The van der Waals surface area contributed by atoms with Crippen molar-refractivity contribution in [2.45, 2.75) is 13.0 Å². The first-order valence-corrected chi connectivity index (χ1v) is 4.55. The summed E-state index contributed by atoms with van der Waals surface area (Å²) < 4.78 is 5.18. The molecule has 1 heterocycles. The van der Waals surface area contributed by atoms with Crippen molar-refractivity contribution in [2.75, 3.05) is 0 Å². The fourth-order valence-electron chi connectivity index (χ4n) is 1.24. The van der Waals surface area contributed by atoms with Crippen LogP contribution in [0.4, 0.5) is 0 Å². The van der Waals surface area contributed by atoms with Crippen molar-refractivity contribution >= 4 is 12.4 Å². The highest BCUT2D eigenvalue weighted by Crippen LogP contribution is 2.21. The fraction of sp³-hybridized carbons (Fsp3) is 0.182. The number of aromatic nitrogens is 1. The van der Waals surface area contributed by atoms with Crippen LogP contribution in [0.25, 0.3) is 11.3 Å². The zero-order chi connectivity index (χ0) is 9.97. The Labute approximate surface area is 94.7 Å². The lowest BCUT2D eigenvalue weighted by atomic mass is 10.1. The minimum Gasteiger partial charge on any atom is -0.356 e. The molecule has 2 rings (SSSR count). The summed E-state index contributed by atoms with van der Waals surface area (Å²) in [6.07, 6.45) is 0. The Morgan fingerprint density at radius 1 is 1.27 bits per heavy atom. The van der Waals surface area contributed by atoms with Crippen LogP contribution in [0.15, 0.2) is 40.9 Å². The Morgan fingerprint density at radius 3 is 2.47 bits per heavy atom. The predicted molar refractivity (Wildman–Crippen MR) is 61.8 cm³/mol. The van der Waals surface area contributed by atoms with Crippen LogP contribution in [0, 0.1) is 0 Å². The number of nitrogens with zero attached hydrogens (tertiary/aromatic N) is 1. The van der Waals surface area contributed by atoms with Gasteiger partial charge >= 0.3 is 0 Å². The highest BCUT2D eigenvalue weighted by Gasteiger charge is 2.08. The van der Waals surface area contributed by atoms with Crippen molar-refractivity contribution in [1.82, 2.24) is 5.16 Å². The van der Waals surface area contributed by atoms with Gasteiger partial charge in [-0.2, -0.15) is 0 Å². The highest BCUT2D eigenvalue weighted by molar-refractivity contribution is 5.85. The number of hydrogen-bond acceptors (Lipinski definition) is 3. The second-order valence-electron chi connectivity index (χ2n) is 3.27. The van der Waals surface area contributed by atoms with Gasteiger partial charge in [-0.05, 0) is 6.92 Å². The van der Waals surface area contributed by atoms with Crippen molar-refractivity contribution in [3.05, 3.63) is 42.1 Å². The van der Waals surface area contributed by atoms with Gasteiger partial charge in [0.2, 0.25) is 0 Å². The molecule has 0 spiro atoms. The van der Waals surface area contributed by atoms with E-state index in [1.165, 1.54) is 0 Å². The first-order valence-electron chi connectivity index (χ1n) is 4.55. The van der Waals surface area contributed by atoms with Gasteiger partial charge in [-0.15, -0.1) is 12.4 Å². The van der Waals surface area contributed by atoms with Crippen molar-refractivity contribution in [1.29, 1.82) is 0 Å². The summed E-state index contributed by atoms with van der Waals surface area (Å²) in [6.45, 7) is 1.88. The lowest BCUT2D eigenvalue weighted by molar-refractivity contribution is 0.419. The van der Waals surface area contributed by atoms with Crippen LogP contribution in [0.3, 0.4) is 0 Å². The first kappa shape index (κ1) is 11.8. The van der Waals surface area contributed by atoms with E-state index in [-0.39, 0.29) is 18.4 Å². The third kappa shape index (κ3) is 2.58. The molecule has 0 fully saturated rings. The number of rotatable bonds is 2. The summed E-state index contributed by atoms with van der Waals surface area (Å²) in [5.74, 6) is 0.762. The monoisotopic (exact) mass is 224 g/mol. The number of benzene rings is 1. The molecule has 80 valence electrons. The molecule has 2 aromatic rings. The van der Waals surface area contributed by atoms with E-state index >= 15 is 0 Å². The molecule has 0 saturated heterocycles. The van der Waals surface area contributed by atoms with Gasteiger partial charge in [0.05, 0.1) is 0 Å². The van der Waals surface area contributed by atoms with E-state index in [1.54, 1.807) is 0 Å². The van der Waals surface area contributed by atoms with Crippen LogP contribution < -0.4 is 5.73 Å². The van der Waals surface area contributed by atoms with Crippen molar-refractivity contribution in [2.24, 2.45) is 5.73 Å². The van der Waals surface area contributed by atoms with E-state index in [0.29, 0.717) is 0 Å². The molecule has 0 saturated carbocycles. The van der Waals surface area contributed by atoms with Gasteiger partial charge in [0.1, 0.15) is 5.69 Å². The molecule has 15 heavy (non-hydrogen) atoms. The Balaban J connectivity index is 0.00000112. The van der Waals surface area contributed by atoms with Gasteiger partial charge in [0.25, 0.3) is 0 Å². The highest BCUT2D eigenvalue weighted by atomic mass is 35.5. The van der Waals surface area contributed by atoms with Gasteiger partial charge < -0.3 is 10.3 Å². The van der Waals surface area contributed by atoms with Crippen LogP contribution in [0.1, 0.15) is 18.7 Å². The summed E-state index contributed by atoms with van der Waals surface area (Å²) in [4.78, 5) is 0. The fourth-order valence-corrected chi connectivity index (χ4v) is 1.24. The molecule has 1 unspecified atom stereocenters. The maximum atomic E-state index is 5.68. The van der Waals surface area contributed by atoms with Crippen molar-refractivity contribution in [3.8, 4) is 11.3 Å². The molecule has 4 heteroatoms. The summed E-state index contributed by atoms with van der Waals surface area (Å²) >= 11 is 0. The van der Waals surface area contributed by atoms with E-state index in [4.69, 9.17) is 10.3 Å². The van der Waals surface area contributed by atoms with Gasteiger partial charge in [0.15, 0.2) is 5.76 Å². The molecule has 0 aliphatic carbocycles. The second-order valence-corrected chi connectivity index (χ2v) is 3.27. The van der Waals surface area contributed by atoms with Gasteiger partial charge in [-0.3, -0.25) is 0 Å². The Kier molecular flexibility index (Phi) is 3.88. The Morgan fingerprint density at radius 2 is 1.93 bits per heavy atom. The second kappa shape index (κ2) is 4.96. The molecule has 3 nitrogen and oxygen atoms in total. The molecule has 0 aliphatic heterocycles.